The van der Waals surface area contributed by atoms with E-state index in [-0.39, 0.29) is 6.71 Å². The molecule has 214 valence electrons. The fourth-order valence-electron chi connectivity index (χ4n) is 7.41. The molecule has 3 aliphatic heterocycles. The van der Waals surface area contributed by atoms with Crippen LogP contribution in [0, 0.1) is 0 Å². The average molecular weight is 585 g/mol. The predicted octanol–water partition coefficient (Wildman–Crippen LogP) is 9.87. The van der Waals surface area contributed by atoms with Crippen LogP contribution in [0.3, 0.4) is 0 Å². The quantitative estimate of drug-likeness (QED) is 0.208. The number of anilines is 4. The Hall–Kier alpha value is -4.80. The highest BCUT2D eigenvalue weighted by Gasteiger charge is 2.51. The molecule has 44 heavy (non-hydrogen) atoms. The second-order valence-electron chi connectivity index (χ2n) is 12.2. The van der Waals surface area contributed by atoms with Crippen LogP contribution < -0.4 is 15.3 Å². The van der Waals surface area contributed by atoms with E-state index in [0.29, 0.717) is 0 Å². The van der Waals surface area contributed by atoms with Crippen LogP contribution in [-0.2, 0) is 0 Å². The summed E-state index contributed by atoms with van der Waals surface area (Å²) in [6, 6.07) is 38.8. The summed E-state index contributed by atoms with van der Waals surface area (Å²) in [4.78, 5) is 4.71. The molecule has 3 aliphatic rings. The molecule has 4 aromatic carbocycles. The molecule has 0 atom stereocenters. The molecule has 0 radical (unpaired) electrons. The molecule has 0 amide bonds. The molecule has 0 spiro atoms. The summed E-state index contributed by atoms with van der Waals surface area (Å²) >= 11 is 0. The SMILES string of the molecule is C=C(C=C1/C(=C\C)B2C3=C(c4cccc(c42)N1c1ccccc1)[Si](C)(C)C(/C=C\C)=C3)N(c1ccccc1)c1ccccc1. The molecule has 0 bridgehead atoms. The van der Waals surface area contributed by atoms with Crippen molar-refractivity contribution in [2.45, 2.75) is 26.9 Å². The first-order valence-electron chi connectivity index (χ1n) is 15.5. The van der Waals surface area contributed by atoms with E-state index in [1.54, 1.807) is 5.20 Å². The van der Waals surface area contributed by atoms with Gasteiger partial charge in [-0.2, -0.15) is 0 Å². The van der Waals surface area contributed by atoms with Gasteiger partial charge in [0.1, 0.15) is 8.07 Å². The van der Waals surface area contributed by atoms with E-state index in [1.807, 2.05) is 0 Å². The maximum absolute atomic E-state index is 4.71. The second-order valence-corrected chi connectivity index (χ2v) is 16.5. The minimum absolute atomic E-state index is 0.191. The Morgan fingerprint density at radius 2 is 1.41 bits per heavy atom. The van der Waals surface area contributed by atoms with E-state index in [2.05, 4.69) is 176 Å². The van der Waals surface area contributed by atoms with Crippen molar-refractivity contribution < 1.29 is 0 Å². The fraction of sp³-hybridized carbons (Fsp3) is 0.100. The maximum Gasteiger partial charge on any atom is 0.246 e. The van der Waals surface area contributed by atoms with Crippen LogP contribution in [0.1, 0.15) is 19.4 Å². The van der Waals surface area contributed by atoms with Gasteiger partial charge in [0.05, 0.1) is 0 Å². The topological polar surface area (TPSA) is 6.48 Å². The lowest BCUT2D eigenvalue weighted by molar-refractivity contribution is 1.15. The van der Waals surface area contributed by atoms with Gasteiger partial charge in [0.2, 0.25) is 6.71 Å². The predicted molar refractivity (Wildman–Crippen MR) is 194 cm³/mol. The Bertz CT molecular complexity index is 1870. The lowest BCUT2D eigenvalue weighted by atomic mass is 9.35. The van der Waals surface area contributed by atoms with Crippen LogP contribution in [0.2, 0.25) is 13.1 Å². The Kier molecular flexibility index (Phi) is 7.03. The minimum Gasteiger partial charge on any atom is -0.311 e. The van der Waals surface area contributed by atoms with Gasteiger partial charge in [0, 0.05) is 34.1 Å². The van der Waals surface area contributed by atoms with Crippen LogP contribution >= 0.6 is 0 Å². The third-order valence-corrected chi connectivity index (χ3v) is 12.8. The van der Waals surface area contributed by atoms with E-state index in [0.717, 1.165) is 28.5 Å². The highest BCUT2D eigenvalue weighted by atomic mass is 28.3. The van der Waals surface area contributed by atoms with E-state index in [9.17, 15) is 0 Å². The summed E-state index contributed by atoms with van der Waals surface area (Å²) in [5.74, 6) is 0. The molecule has 7 rings (SSSR count). The summed E-state index contributed by atoms with van der Waals surface area (Å²) in [5, 5.41) is 3.10. The Balaban J connectivity index is 1.47. The Morgan fingerprint density at radius 1 is 0.795 bits per heavy atom. The average Bonchev–Trinajstić information content (AvgIpc) is 3.51. The van der Waals surface area contributed by atoms with Crippen LogP contribution in [0.5, 0.6) is 0 Å². The van der Waals surface area contributed by atoms with Gasteiger partial charge in [0.15, 0.2) is 0 Å². The number of para-hydroxylation sites is 3. The number of rotatable bonds is 6. The van der Waals surface area contributed by atoms with Gasteiger partial charge in [-0.3, -0.25) is 0 Å². The zero-order valence-corrected chi connectivity index (χ0v) is 27.0. The van der Waals surface area contributed by atoms with E-state index < -0.39 is 8.07 Å². The van der Waals surface area contributed by atoms with Crippen molar-refractivity contribution in [3.63, 3.8) is 0 Å². The van der Waals surface area contributed by atoms with Crippen molar-refractivity contribution in [3.05, 3.63) is 179 Å². The van der Waals surface area contributed by atoms with Crippen molar-refractivity contribution in [2.75, 3.05) is 9.80 Å². The molecule has 0 saturated heterocycles. The third kappa shape index (κ3) is 4.32. The molecule has 0 aromatic heterocycles. The largest absolute Gasteiger partial charge is 0.311 e. The van der Waals surface area contributed by atoms with Gasteiger partial charge in [-0.15, -0.1) is 0 Å². The summed E-state index contributed by atoms with van der Waals surface area (Å²) < 4.78 is 0. The lowest BCUT2D eigenvalue weighted by Crippen LogP contribution is -2.45. The van der Waals surface area contributed by atoms with Crippen molar-refractivity contribution in [1.29, 1.82) is 0 Å². The van der Waals surface area contributed by atoms with Crippen molar-refractivity contribution in [1.82, 2.24) is 0 Å². The third-order valence-electron chi connectivity index (χ3n) is 9.28. The summed E-state index contributed by atoms with van der Waals surface area (Å²) in [5.41, 5.74) is 12.3. The first-order chi connectivity index (χ1) is 21.5. The molecule has 4 heteroatoms. The number of allylic oxidation sites excluding steroid dienone is 8. The molecule has 0 unspecified atom stereocenters. The number of benzene rings is 4. The van der Waals surface area contributed by atoms with Crippen LogP contribution in [-0.4, -0.2) is 14.8 Å². The molecule has 4 aromatic rings. The first kappa shape index (κ1) is 28.0. The normalized spacial score (nSPS) is 18.2. The summed E-state index contributed by atoms with van der Waals surface area (Å²) in [6.45, 7) is 14.3. The van der Waals surface area contributed by atoms with Crippen LogP contribution in [0.25, 0.3) is 5.20 Å². The van der Waals surface area contributed by atoms with Gasteiger partial charge >= 0.3 is 0 Å². The molecule has 0 fully saturated rings. The Morgan fingerprint density at radius 3 is 2.00 bits per heavy atom. The van der Waals surface area contributed by atoms with E-state index in [4.69, 9.17) is 6.58 Å². The standard InChI is InChI=1S/C40H37BN2Si/c1-6-18-33-28-36-40(44(33,4)5)34-25-17-26-37-39(34)41(36)35(7-2)38(43(37)32-23-15-10-16-24-32)27-29(3)42(30-19-11-8-12-20-30)31-21-13-9-14-22-31/h6-28H,3H2,1-2,4-5H3/b18-6-,35-7+,38-27?. The zero-order chi connectivity index (χ0) is 30.4. The minimum atomic E-state index is -1.87. The molecule has 2 nitrogen and oxygen atoms in total. The second kappa shape index (κ2) is 11.0. The van der Waals surface area contributed by atoms with Gasteiger partial charge in [-0.1, -0.05) is 127 Å². The number of fused-ring (bicyclic) bond motifs is 2. The Labute approximate surface area is 263 Å². The molecule has 0 N–H and O–H groups in total. The smallest absolute Gasteiger partial charge is 0.246 e. The molecular formula is C40H37BN2Si. The molecule has 0 saturated carbocycles. The van der Waals surface area contributed by atoms with E-state index >= 15 is 0 Å². The van der Waals surface area contributed by atoms with Crippen LogP contribution in [0.15, 0.2) is 174 Å². The summed E-state index contributed by atoms with van der Waals surface area (Å²) in [6.07, 6.45) is 11.7. The highest BCUT2D eigenvalue weighted by molar-refractivity contribution is 7.08. The van der Waals surface area contributed by atoms with Gasteiger partial charge in [-0.25, -0.2) is 0 Å². The van der Waals surface area contributed by atoms with Crippen molar-refractivity contribution >= 4 is 48.2 Å². The van der Waals surface area contributed by atoms with E-state index in [1.165, 1.54) is 32.9 Å². The highest BCUT2D eigenvalue weighted by Crippen LogP contribution is 2.51. The fourth-order valence-corrected chi connectivity index (χ4v) is 10.6. The van der Waals surface area contributed by atoms with Gasteiger partial charge < -0.3 is 9.80 Å². The molecule has 0 aliphatic carbocycles. The van der Waals surface area contributed by atoms with Gasteiger partial charge in [-0.05, 0) is 78.9 Å². The molecule has 3 heterocycles. The van der Waals surface area contributed by atoms with Gasteiger partial charge in [0.25, 0.3) is 0 Å². The zero-order valence-electron chi connectivity index (χ0n) is 26.0. The molecular weight excluding hydrogens is 547 g/mol. The van der Waals surface area contributed by atoms with Crippen molar-refractivity contribution in [3.8, 4) is 0 Å². The number of hydrogen-bond donors (Lipinski definition) is 0. The maximum atomic E-state index is 4.71. The van der Waals surface area contributed by atoms with Crippen molar-refractivity contribution in [2.24, 2.45) is 0 Å². The number of nitrogens with zero attached hydrogens (tertiary/aromatic N) is 2. The monoisotopic (exact) mass is 584 g/mol. The first-order valence-corrected chi connectivity index (χ1v) is 18.5. The van der Waals surface area contributed by atoms with Crippen LogP contribution in [0.4, 0.5) is 22.7 Å². The number of hydrogen-bond acceptors (Lipinski definition) is 2. The summed E-state index contributed by atoms with van der Waals surface area (Å²) in [7, 11) is -1.87. The lowest BCUT2D eigenvalue weighted by Gasteiger charge is -2.39.